The lowest BCUT2D eigenvalue weighted by Gasteiger charge is -2.55. The van der Waals surface area contributed by atoms with Crippen LogP contribution in [0.3, 0.4) is 0 Å². The third kappa shape index (κ3) is 6.10. The SMILES string of the molecule is C.CN1CC(=O)N2[C@@H](Cc3ccc(O)cc3)CN(Cc3cccc4ccccc34)C[C@@H]2N1C(=O)NCc1ccccc1. The third-order valence-electron chi connectivity index (χ3n) is 8.08. The highest BCUT2D eigenvalue weighted by Gasteiger charge is 2.47. The van der Waals surface area contributed by atoms with Crippen LogP contribution in [0.4, 0.5) is 4.79 Å². The number of hydrogen-bond donors (Lipinski definition) is 2. The maximum Gasteiger partial charge on any atom is 0.334 e. The standard InChI is InChI=1S/C33H35N5O3.CH4/c1-35-23-32(40)37-28(18-24-14-16-29(39)17-15-24)21-36(20-27-12-7-11-26-10-5-6-13-30(26)27)22-31(37)38(35)33(41)34-19-25-8-3-2-4-9-25;/h2-17,28,31,39H,18-23H2,1H3,(H,34,41);1H4/t28-,31-;/m0./s1. The summed E-state index contributed by atoms with van der Waals surface area (Å²) in [6, 6.07) is 31.4. The Morgan fingerprint density at radius 3 is 2.38 bits per heavy atom. The van der Waals surface area contributed by atoms with Crippen LogP contribution in [-0.4, -0.2) is 75.8 Å². The number of nitrogens with zero attached hydrogens (tertiary/aromatic N) is 4. The molecule has 0 radical (unpaired) electrons. The van der Waals surface area contributed by atoms with Gasteiger partial charge in [0.15, 0.2) is 0 Å². The highest BCUT2D eigenvalue weighted by molar-refractivity contribution is 5.86. The smallest absolute Gasteiger partial charge is 0.334 e. The molecule has 4 aromatic rings. The Balaban J connectivity index is 0.00000353. The first-order valence-corrected chi connectivity index (χ1v) is 14.1. The third-order valence-corrected chi connectivity index (χ3v) is 8.08. The number of hydrazine groups is 1. The van der Waals surface area contributed by atoms with E-state index in [1.165, 1.54) is 16.3 Å². The van der Waals surface area contributed by atoms with Gasteiger partial charge in [0.2, 0.25) is 5.91 Å². The van der Waals surface area contributed by atoms with Gasteiger partial charge in [0.25, 0.3) is 0 Å². The summed E-state index contributed by atoms with van der Waals surface area (Å²) in [7, 11) is 1.80. The first-order valence-electron chi connectivity index (χ1n) is 14.1. The van der Waals surface area contributed by atoms with Crippen molar-refractivity contribution in [3.05, 3.63) is 114 Å². The number of urea groups is 1. The maximum atomic E-state index is 13.7. The van der Waals surface area contributed by atoms with Crippen molar-refractivity contribution in [1.29, 1.82) is 0 Å². The van der Waals surface area contributed by atoms with Crippen molar-refractivity contribution < 1.29 is 14.7 Å². The van der Waals surface area contributed by atoms with Gasteiger partial charge in [0.05, 0.1) is 12.6 Å². The van der Waals surface area contributed by atoms with Crippen LogP contribution in [0.25, 0.3) is 10.8 Å². The molecule has 2 aliphatic rings. The number of phenolic OH excluding ortho intramolecular Hbond substituents is 1. The lowest BCUT2D eigenvalue weighted by Crippen LogP contribution is -2.74. The summed E-state index contributed by atoms with van der Waals surface area (Å²) >= 11 is 0. The van der Waals surface area contributed by atoms with Gasteiger partial charge in [-0.1, -0.05) is 92.4 Å². The van der Waals surface area contributed by atoms with Gasteiger partial charge in [0, 0.05) is 33.2 Å². The predicted octanol–water partition coefficient (Wildman–Crippen LogP) is 4.84. The summed E-state index contributed by atoms with van der Waals surface area (Å²) in [5.41, 5.74) is 3.26. The number of aromatic hydroxyl groups is 1. The van der Waals surface area contributed by atoms with Gasteiger partial charge in [-0.3, -0.25) is 9.69 Å². The number of carbonyl (C=O) groups is 2. The molecule has 0 bridgehead atoms. The molecule has 218 valence electrons. The Bertz CT molecular complexity index is 1520. The molecule has 42 heavy (non-hydrogen) atoms. The van der Waals surface area contributed by atoms with Crippen LogP contribution in [0.5, 0.6) is 5.75 Å². The Kier molecular flexibility index (Phi) is 8.75. The monoisotopic (exact) mass is 565 g/mol. The maximum absolute atomic E-state index is 13.7. The van der Waals surface area contributed by atoms with Gasteiger partial charge in [-0.2, -0.15) is 0 Å². The van der Waals surface area contributed by atoms with Crippen LogP contribution in [-0.2, 0) is 24.3 Å². The molecule has 0 unspecified atom stereocenters. The number of phenols is 1. The van der Waals surface area contributed by atoms with Crippen molar-refractivity contribution in [2.24, 2.45) is 0 Å². The van der Waals surface area contributed by atoms with E-state index in [9.17, 15) is 14.7 Å². The second-order valence-corrected chi connectivity index (χ2v) is 10.9. The average Bonchev–Trinajstić information content (AvgIpc) is 2.98. The molecule has 3 amide bonds. The number of likely N-dealkylation sites (N-methyl/N-ethyl adjacent to an activating group) is 1. The van der Waals surface area contributed by atoms with Crippen LogP contribution >= 0.6 is 0 Å². The van der Waals surface area contributed by atoms with Crippen molar-refractivity contribution in [2.75, 3.05) is 26.7 Å². The Hall–Kier alpha value is -4.40. The first kappa shape index (κ1) is 29.1. The summed E-state index contributed by atoms with van der Waals surface area (Å²) in [6.45, 7) is 2.45. The normalized spacial score (nSPS) is 19.3. The zero-order valence-corrected chi connectivity index (χ0v) is 23.2. The van der Waals surface area contributed by atoms with Gasteiger partial charge < -0.3 is 15.3 Å². The minimum Gasteiger partial charge on any atom is -0.508 e. The molecule has 2 N–H and O–H groups in total. The number of benzene rings is 4. The van der Waals surface area contributed by atoms with Gasteiger partial charge in [0.1, 0.15) is 11.9 Å². The molecule has 2 heterocycles. The summed E-state index contributed by atoms with van der Waals surface area (Å²) in [4.78, 5) is 31.5. The topological polar surface area (TPSA) is 79.4 Å². The molecule has 0 aliphatic carbocycles. The summed E-state index contributed by atoms with van der Waals surface area (Å²) in [5, 5.41) is 18.7. The molecule has 8 nitrogen and oxygen atoms in total. The fourth-order valence-corrected chi connectivity index (χ4v) is 6.18. The molecule has 2 atom stereocenters. The van der Waals surface area contributed by atoms with E-state index in [0.717, 1.165) is 11.1 Å². The number of nitrogens with one attached hydrogen (secondary N) is 1. The molecule has 0 saturated carbocycles. The number of hydrogen-bond acceptors (Lipinski definition) is 5. The second kappa shape index (κ2) is 12.6. The fourth-order valence-electron chi connectivity index (χ4n) is 6.18. The molecular weight excluding hydrogens is 526 g/mol. The molecule has 6 rings (SSSR count). The summed E-state index contributed by atoms with van der Waals surface area (Å²) in [6.07, 6.45) is 0.167. The van der Waals surface area contributed by atoms with E-state index in [-0.39, 0.29) is 37.7 Å². The lowest BCUT2D eigenvalue weighted by molar-refractivity contribution is -0.180. The minimum absolute atomic E-state index is 0. The van der Waals surface area contributed by atoms with E-state index in [0.29, 0.717) is 32.6 Å². The number of amides is 3. The van der Waals surface area contributed by atoms with E-state index >= 15 is 0 Å². The number of fused-ring (bicyclic) bond motifs is 2. The fraction of sp³-hybridized carbons (Fsp3) is 0.294. The molecule has 4 aromatic carbocycles. The molecule has 2 fully saturated rings. The van der Waals surface area contributed by atoms with Crippen LogP contribution in [0.1, 0.15) is 24.1 Å². The van der Waals surface area contributed by atoms with E-state index in [1.54, 1.807) is 29.2 Å². The minimum atomic E-state index is -0.456. The molecular formula is C34H39N5O3. The van der Waals surface area contributed by atoms with Crippen molar-refractivity contribution >= 4 is 22.7 Å². The van der Waals surface area contributed by atoms with Crippen LogP contribution in [0.2, 0.25) is 0 Å². The zero-order chi connectivity index (χ0) is 28.3. The number of carbonyl (C=O) groups excluding carboxylic acids is 2. The first-order chi connectivity index (χ1) is 20.0. The van der Waals surface area contributed by atoms with Crippen molar-refractivity contribution in [3.8, 4) is 5.75 Å². The molecule has 8 heteroatoms. The Labute approximate surface area is 247 Å². The van der Waals surface area contributed by atoms with Crippen molar-refractivity contribution in [2.45, 2.75) is 39.1 Å². The molecule has 2 aliphatic heterocycles. The number of piperazine rings is 1. The van der Waals surface area contributed by atoms with Gasteiger partial charge >= 0.3 is 6.03 Å². The van der Waals surface area contributed by atoms with Crippen molar-refractivity contribution in [3.63, 3.8) is 0 Å². The molecule has 0 aromatic heterocycles. The Morgan fingerprint density at radius 1 is 0.881 bits per heavy atom. The van der Waals surface area contributed by atoms with Crippen LogP contribution in [0, 0.1) is 0 Å². The van der Waals surface area contributed by atoms with Gasteiger partial charge in [-0.05, 0) is 46.0 Å². The summed E-state index contributed by atoms with van der Waals surface area (Å²) < 4.78 is 0. The van der Waals surface area contributed by atoms with Gasteiger partial charge in [-0.25, -0.2) is 14.8 Å². The van der Waals surface area contributed by atoms with Crippen LogP contribution < -0.4 is 5.32 Å². The van der Waals surface area contributed by atoms with E-state index in [1.807, 2.05) is 53.4 Å². The summed E-state index contributed by atoms with van der Waals surface area (Å²) in [5.74, 6) is 0.225. The van der Waals surface area contributed by atoms with Crippen molar-refractivity contribution in [1.82, 2.24) is 25.1 Å². The highest BCUT2D eigenvalue weighted by Crippen LogP contribution is 2.29. The molecule has 2 saturated heterocycles. The zero-order valence-electron chi connectivity index (χ0n) is 23.2. The average molecular weight is 566 g/mol. The molecule has 0 spiro atoms. The van der Waals surface area contributed by atoms with Gasteiger partial charge in [-0.15, -0.1) is 0 Å². The van der Waals surface area contributed by atoms with E-state index in [4.69, 9.17) is 0 Å². The van der Waals surface area contributed by atoms with E-state index in [2.05, 4.69) is 46.6 Å². The predicted molar refractivity (Wildman–Crippen MR) is 165 cm³/mol. The second-order valence-electron chi connectivity index (χ2n) is 10.9. The van der Waals surface area contributed by atoms with Crippen LogP contribution in [0.15, 0.2) is 97.1 Å². The highest BCUT2D eigenvalue weighted by atomic mass is 16.3. The lowest BCUT2D eigenvalue weighted by atomic mass is 9.98. The Morgan fingerprint density at radius 2 is 1.60 bits per heavy atom. The van der Waals surface area contributed by atoms with E-state index < -0.39 is 6.17 Å². The quantitative estimate of drug-likeness (QED) is 0.350. The largest absolute Gasteiger partial charge is 0.508 e. The number of rotatable bonds is 6.